The van der Waals surface area contributed by atoms with Crippen LogP contribution in [0.5, 0.6) is 0 Å². The molecule has 0 saturated carbocycles. The van der Waals surface area contributed by atoms with E-state index in [1.807, 2.05) is 0 Å². The SMILES string of the molecule is c1ccc2c(c1)CC(CCN1CCNCC1)C2. The van der Waals surface area contributed by atoms with Crippen LogP contribution in [-0.2, 0) is 12.8 Å². The van der Waals surface area contributed by atoms with E-state index < -0.39 is 0 Å². The van der Waals surface area contributed by atoms with Gasteiger partial charge in [0.25, 0.3) is 0 Å². The van der Waals surface area contributed by atoms with E-state index in [0.29, 0.717) is 0 Å². The van der Waals surface area contributed by atoms with Crippen LogP contribution in [0, 0.1) is 5.92 Å². The van der Waals surface area contributed by atoms with Crippen LogP contribution in [-0.4, -0.2) is 37.6 Å². The van der Waals surface area contributed by atoms with E-state index in [2.05, 4.69) is 34.5 Å². The zero-order chi connectivity index (χ0) is 11.5. The lowest BCUT2D eigenvalue weighted by Gasteiger charge is -2.28. The summed E-state index contributed by atoms with van der Waals surface area (Å²) in [4.78, 5) is 2.61. The maximum absolute atomic E-state index is 3.42. The Labute approximate surface area is 104 Å². The van der Waals surface area contributed by atoms with Crippen molar-refractivity contribution in [3.05, 3.63) is 35.4 Å². The molecule has 0 bridgehead atoms. The minimum absolute atomic E-state index is 0.891. The van der Waals surface area contributed by atoms with Gasteiger partial charge in [-0.25, -0.2) is 0 Å². The predicted octanol–water partition coefficient (Wildman–Crippen LogP) is 1.70. The number of rotatable bonds is 3. The number of nitrogens with zero attached hydrogens (tertiary/aromatic N) is 1. The second-order valence-corrected chi connectivity index (χ2v) is 5.42. The van der Waals surface area contributed by atoms with Gasteiger partial charge in [0.1, 0.15) is 0 Å². The second-order valence-electron chi connectivity index (χ2n) is 5.42. The van der Waals surface area contributed by atoms with Crippen molar-refractivity contribution in [3.8, 4) is 0 Å². The normalized spacial score (nSPS) is 21.6. The molecule has 1 aromatic rings. The first-order chi connectivity index (χ1) is 8.42. The highest BCUT2D eigenvalue weighted by molar-refractivity contribution is 5.31. The van der Waals surface area contributed by atoms with Gasteiger partial charge >= 0.3 is 0 Å². The van der Waals surface area contributed by atoms with Crippen molar-refractivity contribution < 1.29 is 0 Å². The molecule has 2 nitrogen and oxygen atoms in total. The molecule has 0 radical (unpaired) electrons. The van der Waals surface area contributed by atoms with E-state index in [9.17, 15) is 0 Å². The predicted molar refractivity (Wildman–Crippen MR) is 71.3 cm³/mol. The smallest absolute Gasteiger partial charge is 0.0107 e. The molecule has 2 heteroatoms. The summed E-state index contributed by atoms with van der Waals surface area (Å²) >= 11 is 0. The van der Waals surface area contributed by atoms with Crippen molar-refractivity contribution >= 4 is 0 Å². The molecule has 0 spiro atoms. The second kappa shape index (κ2) is 5.19. The fourth-order valence-electron chi connectivity index (χ4n) is 3.15. The first-order valence-corrected chi connectivity index (χ1v) is 6.91. The summed E-state index contributed by atoms with van der Waals surface area (Å²) in [5, 5.41) is 3.42. The van der Waals surface area contributed by atoms with Crippen molar-refractivity contribution in [1.29, 1.82) is 0 Å². The Morgan fingerprint density at radius 3 is 2.35 bits per heavy atom. The lowest BCUT2D eigenvalue weighted by molar-refractivity contribution is 0.225. The third-order valence-corrected chi connectivity index (χ3v) is 4.20. The summed E-state index contributed by atoms with van der Waals surface area (Å²) in [6.07, 6.45) is 3.99. The van der Waals surface area contributed by atoms with Crippen molar-refractivity contribution in [2.75, 3.05) is 32.7 Å². The molecule has 17 heavy (non-hydrogen) atoms. The monoisotopic (exact) mass is 230 g/mol. The molecule has 2 aliphatic rings. The summed E-state index contributed by atoms with van der Waals surface area (Å²) in [7, 11) is 0. The van der Waals surface area contributed by atoms with Crippen molar-refractivity contribution in [2.24, 2.45) is 5.92 Å². The first kappa shape index (κ1) is 11.2. The van der Waals surface area contributed by atoms with E-state index in [-0.39, 0.29) is 0 Å². The van der Waals surface area contributed by atoms with Gasteiger partial charge < -0.3 is 10.2 Å². The third kappa shape index (κ3) is 2.70. The van der Waals surface area contributed by atoms with E-state index in [1.165, 1.54) is 52.0 Å². The Kier molecular flexibility index (Phi) is 3.44. The highest BCUT2D eigenvalue weighted by Gasteiger charge is 2.21. The number of benzene rings is 1. The van der Waals surface area contributed by atoms with Crippen molar-refractivity contribution in [2.45, 2.75) is 19.3 Å². The number of hydrogen-bond donors (Lipinski definition) is 1. The average molecular weight is 230 g/mol. The maximum atomic E-state index is 3.42. The molecule has 0 aromatic heterocycles. The lowest BCUT2D eigenvalue weighted by atomic mass is 10.0. The third-order valence-electron chi connectivity index (χ3n) is 4.20. The standard InChI is InChI=1S/C15H22N2/c1-2-4-15-12-13(11-14(15)3-1)5-8-17-9-6-16-7-10-17/h1-4,13,16H,5-12H2. The molecule has 0 unspecified atom stereocenters. The van der Waals surface area contributed by atoms with Crippen molar-refractivity contribution in [3.63, 3.8) is 0 Å². The van der Waals surface area contributed by atoms with Gasteiger partial charge in [0.15, 0.2) is 0 Å². The van der Waals surface area contributed by atoms with E-state index >= 15 is 0 Å². The van der Waals surface area contributed by atoms with Crippen LogP contribution < -0.4 is 5.32 Å². The lowest BCUT2D eigenvalue weighted by Crippen LogP contribution is -2.44. The number of piperazine rings is 1. The molecule has 1 aliphatic carbocycles. The van der Waals surface area contributed by atoms with E-state index in [0.717, 1.165) is 5.92 Å². The maximum Gasteiger partial charge on any atom is 0.0107 e. The van der Waals surface area contributed by atoms with Gasteiger partial charge in [-0.3, -0.25) is 0 Å². The van der Waals surface area contributed by atoms with Crippen LogP contribution in [0.25, 0.3) is 0 Å². The van der Waals surface area contributed by atoms with Crippen molar-refractivity contribution in [1.82, 2.24) is 10.2 Å². The molecular weight excluding hydrogens is 208 g/mol. The Morgan fingerprint density at radius 1 is 1.06 bits per heavy atom. The molecule has 1 heterocycles. The molecule has 3 rings (SSSR count). The summed E-state index contributed by atoms with van der Waals surface area (Å²) in [6.45, 7) is 6.11. The zero-order valence-corrected chi connectivity index (χ0v) is 10.5. The fraction of sp³-hybridized carbons (Fsp3) is 0.600. The molecule has 1 saturated heterocycles. The topological polar surface area (TPSA) is 15.3 Å². The molecule has 0 atom stereocenters. The molecule has 1 N–H and O–H groups in total. The largest absolute Gasteiger partial charge is 0.314 e. The summed E-state index contributed by atoms with van der Waals surface area (Å²) in [5.74, 6) is 0.891. The Morgan fingerprint density at radius 2 is 1.71 bits per heavy atom. The zero-order valence-electron chi connectivity index (χ0n) is 10.5. The van der Waals surface area contributed by atoms with Crippen LogP contribution in [0.15, 0.2) is 24.3 Å². The minimum atomic E-state index is 0.891. The van der Waals surface area contributed by atoms with Gasteiger partial charge in [0.05, 0.1) is 0 Å². The highest BCUT2D eigenvalue weighted by atomic mass is 15.2. The van der Waals surface area contributed by atoms with Gasteiger partial charge in [-0.05, 0) is 42.9 Å². The Hall–Kier alpha value is -0.860. The molecule has 1 aromatic carbocycles. The van der Waals surface area contributed by atoms with E-state index in [4.69, 9.17) is 0 Å². The molecule has 0 amide bonds. The quantitative estimate of drug-likeness (QED) is 0.850. The molecule has 1 fully saturated rings. The first-order valence-electron chi connectivity index (χ1n) is 6.91. The number of nitrogens with one attached hydrogen (secondary N) is 1. The minimum Gasteiger partial charge on any atom is -0.314 e. The molecular formula is C15H22N2. The summed E-state index contributed by atoms with van der Waals surface area (Å²) < 4.78 is 0. The highest BCUT2D eigenvalue weighted by Crippen LogP contribution is 2.28. The summed E-state index contributed by atoms with van der Waals surface area (Å²) in [6, 6.07) is 8.97. The molecule has 92 valence electrons. The van der Waals surface area contributed by atoms with Crippen LogP contribution >= 0.6 is 0 Å². The van der Waals surface area contributed by atoms with Crippen LogP contribution in [0.2, 0.25) is 0 Å². The van der Waals surface area contributed by atoms with Crippen LogP contribution in [0.3, 0.4) is 0 Å². The van der Waals surface area contributed by atoms with Crippen LogP contribution in [0.1, 0.15) is 17.5 Å². The van der Waals surface area contributed by atoms with Gasteiger partial charge in [0.2, 0.25) is 0 Å². The summed E-state index contributed by atoms with van der Waals surface area (Å²) in [5.41, 5.74) is 3.19. The van der Waals surface area contributed by atoms with E-state index in [1.54, 1.807) is 11.1 Å². The average Bonchev–Trinajstić information content (AvgIpc) is 2.80. The Balaban J connectivity index is 1.48. The number of hydrogen-bond acceptors (Lipinski definition) is 2. The van der Waals surface area contributed by atoms with Gasteiger partial charge in [0, 0.05) is 26.2 Å². The van der Waals surface area contributed by atoms with Gasteiger partial charge in [-0.15, -0.1) is 0 Å². The molecule has 1 aliphatic heterocycles. The van der Waals surface area contributed by atoms with Gasteiger partial charge in [-0.2, -0.15) is 0 Å². The Bertz CT molecular complexity index is 344. The number of fused-ring (bicyclic) bond motifs is 1. The van der Waals surface area contributed by atoms with Crippen LogP contribution in [0.4, 0.5) is 0 Å². The fourth-order valence-corrected chi connectivity index (χ4v) is 3.15. The van der Waals surface area contributed by atoms with Gasteiger partial charge in [-0.1, -0.05) is 24.3 Å².